The van der Waals surface area contributed by atoms with Crippen molar-refractivity contribution in [2.45, 2.75) is 88.1 Å². The maximum Gasteiger partial charge on any atom is 0.251 e. The fraction of sp³-hybridized carbons (Fsp3) is 0.500. The zero-order chi connectivity index (χ0) is 31.5. The number of fused-ring (bicyclic) bond motifs is 3. The van der Waals surface area contributed by atoms with E-state index in [1.807, 2.05) is 30.3 Å². The van der Waals surface area contributed by atoms with Gasteiger partial charge in [0.15, 0.2) is 11.5 Å². The Hall–Kier alpha value is -3.49. The van der Waals surface area contributed by atoms with Crippen LogP contribution in [0.1, 0.15) is 92.1 Å². The van der Waals surface area contributed by atoms with Gasteiger partial charge < -0.3 is 24.4 Å². The molecule has 2 unspecified atom stereocenters. The number of nitrogens with zero attached hydrogens (tertiary/aromatic N) is 1. The molecule has 8 heteroatoms. The zero-order valence-corrected chi connectivity index (χ0v) is 26.4. The molecular weight excluding hydrogens is 586 g/mol. The number of piperidine rings is 1. The van der Waals surface area contributed by atoms with Gasteiger partial charge >= 0.3 is 0 Å². The third-order valence-corrected chi connectivity index (χ3v) is 10.6. The number of amides is 1. The first kappa shape index (κ1) is 31.1. The first-order valence-electron chi connectivity index (χ1n) is 17.1. The molecule has 3 aromatic rings. The summed E-state index contributed by atoms with van der Waals surface area (Å²) in [6, 6.07) is 17.5. The van der Waals surface area contributed by atoms with Gasteiger partial charge in [0.1, 0.15) is 17.7 Å². The minimum absolute atomic E-state index is 0.0486. The molecule has 1 spiro atoms. The highest BCUT2D eigenvalue weighted by molar-refractivity contribution is 5.55. The molecule has 1 N–H and O–H groups in total. The molecule has 4 aliphatic rings. The summed E-state index contributed by atoms with van der Waals surface area (Å²) >= 11 is 0. The van der Waals surface area contributed by atoms with Crippen LogP contribution in [0.15, 0.2) is 60.7 Å². The fourth-order valence-corrected chi connectivity index (χ4v) is 8.14. The van der Waals surface area contributed by atoms with Gasteiger partial charge in [0.2, 0.25) is 6.41 Å². The van der Waals surface area contributed by atoms with Gasteiger partial charge in [0.05, 0.1) is 6.10 Å². The predicted octanol–water partition coefficient (Wildman–Crippen LogP) is 7.45. The molecular formula is C38H44F2N2O4. The van der Waals surface area contributed by atoms with E-state index >= 15 is 0 Å². The molecule has 7 rings (SSSR count). The Morgan fingerprint density at radius 3 is 2.22 bits per heavy atom. The topological polar surface area (TPSA) is 60.0 Å². The molecule has 1 saturated heterocycles. The minimum Gasteiger partial charge on any atom is -0.448 e. The van der Waals surface area contributed by atoms with E-state index in [0.717, 1.165) is 112 Å². The monoisotopic (exact) mass is 630 g/mol. The Balaban J connectivity index is 0.984. The Kier molecular flexibility index (Phi) is 9.27. The number of hydrogen-bond donors (Lipinski definition) is 1. The second-order valence-electron chi connectivity index (χ2n) is 13.5. The number of halogens is 2. The SMILES string of the molecule is O=CNCC1OC(C2CCN(CCCC(c3ccc(F)cc3)c3ccc(F)cc3)CC2)Cc2c1ccc1c2OC2(CCCCC2)O1. The highest BCUT2D eigenvalue weighted by Crippen LogP contribution is 2.51. The van der Waals surface area contributed by atoms with E-state index in [-0.39, 0.29) is 29.8 Å². The maximum atomic E-state index is 13.7. The fourth-order valence-electron chi connectivity index (χ4n) is 8.14. The molecule has 2 atom stereocenters. The largest absolute Gasteiger partial charge is 0.448 e. The summed E-state index contributed by atoms with van der Waals surface area (Å²) < 4.78 is 47.2. The van der Waals surface area contributed by atoms with Crippen LogP contribution in [0.2, 0.25) is 0 Å². The Bertz CT molecular complexity index is 1440. The van der Waals surface area contributed by atoms with Gasteiger partial charge in [-0.25, -0.2) is 8.78 Å². The van der Waals surface area contributed by atoms with Crippen molar-refractivity contribution in [2.24, 2.45) is 5.92 Å². The number of rotatable bonds is 10. The normalized spacial score (nSPS) is 22.6. The van der Waals surface area contributed by atoms with Crippen LogP contribution in [0.3, 0.4) is 0 Å². The lowest BCUT2D eigenvalue weighted by atomic mass is 9.83. The highest BCUT2D eigenvalue weighted by Gasteiger charge is 2.46. The zero-order valence-electron chi connectivity index (χ0n) is 26.4. The molecule has 0 radical (unpaired) electrons. The lowest BCUT2D eigenvalue weighted by Gasteiger charge is -2.40. The lowest BCUT2D eigenvalue weighted by Crippen LogP contribution is -2.43. The van der Waals surface area contributed by atoms with Crippen LogP contribution in [-0.4, -0.2) is 49.4 Å². The number of nitrogens with one attached hydrogen (secondary N) is 1. The standard InChI is InChI=1S/C38H44F2N2O4/c39-29-10-6-26(7-11-29)31(27-8-12-30(40)13-9-27)5-4-20-42-21-16-28(17-22-42)35-23-33-32(36(44-35)24-41-25-43)14-15-34-37(33)46-38(45-34)18-2-1-3-19-38/h6-15,25,28,31,35-36H,1-5,16-24H2,(H,41,43). The van der Waals surface area contributed by atoms with E-state index < -0.39 is 5.79 Å². The van der Waals surface area contributed by atoms with E-state index in [9.17, 15) is 13.6 Å². The van der Waals surface area contributed by atoms with Crippen molar-refractivity contribution >= 4 is 6.41 Å². The maximum absolute atomic E-state index is 13.7. The summed E-state index contributed by atoms with van der Waals surface area (Å²) in [5, 5.41) is 2.85. The first-order chi connectivity index (χ1) is 22.5. The molecule has 244 valence electrons. The van der Waals surface area contributed by atoms with Gasteiger partial charge in [-0.15, -0.1) is 0 Å². The Morgan fingerprint density at radius 2 is 1.57 bits per heavy atom. The van der Waals surface area contributed by atoms with Crippen molar-refractivity contribution in [1.29, 1.82) is 0 Å². The van der Waals surface area contributed by atoms with Crippen molar-refractivity contribution in [3.05, 3.63) is 94.6 Å². The number of ether oxygens (including phenoxy) is 3. The molecule has 0 bridgehead atoms. The lowest BCUT2D eigenvalue weighted by molar-refractivity contribution is -0.111. The van der Waals surface area contributed by atoms with Crippen molar-refractivity contribution in [2.75, 3.05) is 26.2 Å². The third-order valence-electron chi connectivity index (χ3n) is 10.6. The molecule has 1 amide bonds. The van der Waals surface area contributed by atoms with E-state index in [4.69, 9.17) is 14.2 Å². The average molecular weight is 631 g/mol. The third kappa shape index (κ3) is 6.65. The van der Waals surface area contributed by atoms with Crippen LogP contribution in [-0.2, 0) is 16.0 Å². The van der Waals surface area contributed by atoms with E-state index in [2.05, 4.69) is 16.3 Å². The van der Waals surface area contributed by atoms with Gasteiger partial charge in [0.25, 0.3) is 5.79 Å². The molecule has 3 aromatic carbocycles. The summed E-state index contributed by atoms with van der Waals surface area (Å²) in [6.07, 6.45) is 10.6. The quantitative estimate of drug-likeness (QED) is 0.236. The number of carbonyl (C=O) groups excluding carboxylic acids is 1. The summed E-state index contributed by atoms with van der Waals surface area (Å²) in [5.74, 6) is 1.20. The molecule has 2 fully saturated rings. The van der Waals surface area contributed by atoms with E-state index in [1.54, 1.807) is 0 Å². The summed E-state index contributed by atoms with van der Waals surface area (Å²) in [6.45, 7) is 3.41. The molecule has 1 aliphatic carbocycles. The van der Waals surface area contributed by atoms with E-state index in [1.165, 1.54) is 36.2 Å². The van der Waals surface area contributed by atoms with Crippen LogP contribution >= 0.6 is 0 Å². The molecule has 3 aliphatic heterocycles. The smallest absolute Gasteiger partial charge is 0.251 e. The Labute approximate surface area is 270 Å². The minimum atomic E-state index is -0.530. The van der Waals surface area contributed by atoms with Crippen molar-refractivity contribution in [1.82, 2.24) is 10.2 Å². The molecule has 3 heterocycles. The number of carbonyl (C=O) groups is 1. The molecule has 6 nitrogen and oxygen atoms in total. The predicted molar refractivity (Wildman–Crippen MR) is 172 cm³/mol. The second kappa shape index (κ2) is 13.7. The van der Waals surface area contributed by atoms with Crippen LogP contribution in [0.25, 0.3) is 0 Å². The van der Waals surface area contributed by atoms with Gasteiger partial charge in [-0.05, 0) is 111 Å². The number of hydrogen-bond acceptors (Lipinski definition) is 5. The first-order valence-corrected chi connectivity index (χ1v) is 17.1. The summed E-state index contributed by atoms with van der Waals surface area (Å²) in [4.78, 5) is 13.8. The van der Waals surface area contributed by atoms with Crippen LogP contribution in [0, 0.1) is 17.6 Å². The van der Waals surface area contributed by atoms with Crippen molar-refractivity contribution < 1.29 is 27.8 Å². The second-order valence-corrected chi connectivity index (χ2v) is 13.5. The summed E-state index contributed by atoms with van der Waals surface area (Å²) in [7, 11) is 0. The van der Waals surface area contributed by atoms with Crippen molar-refractivity contribution in [3.63, 3.8) is 0 Å². The van der Waals surface area contributed by atoms with Crippen LogP contribution in [0.4, 0.5) is 8.78 Å². The molecule has 0 aromatic heterocycles. The van der Waals surface area contributed by atoms with Crippen LogP contribution < -0.4 is 14.8 Å². The highest BCUT2D eigenvalue weighted by atomic mass is 19.1. The number of benzene rings is 3. The Morgan fingerprint density at radius 1 is 0.891 bits per heavy atom. The molecule has 1 saturated carbocycles. The van der Waals surface area contributed by atoms with Gasteiger partial charge in [-0.2, -0.15) is 0 Å². The molecule has 46 heavy (non-hydrogen) atoms. The van der Waals surface area contributed by atoms with Crippen molar-refractivity contribution in [3.8, 4) is 11.5 Å². The van der Waals surface area contributed by atoms with Gasteiger partial charge in [0, 0.05) is 37.3 Å². The summed E-state index contributed by atoms with van der Waals surface area (Å²) in [5.41, 5.74) is 4.38. The van der Waals surface area contributed by atoms with E-state index in [0.29, 0.717) is 12.5 Å². The average Bonchev–Trinajstić information content (AvgIpc) is 3.45. The van der Waals surface area contributed by atoms with Gasteiger partial charge in [-0.1, -0.05) is 36.8 Å². The van der Waals surface area contributed by atoms with Crippen LogP contribution in [0.5, 0.6) is 11.5 Å². The number of likely N-dealkylation sites (tertiary alicyclic amines) is 1. The van der Waals surface area contributed by atoms with Gasteiger partial charge in [-0.3, -0.25) is 4.79 Å².